The monoisotopic (exact) mass is 258 g/mol. The van der Waals surface area contributed by atoms with Crippen LogP contribution < -0.4 is 14.2 Å². The smallest absolute Gasteiger partial charge is 0.308 e. The van der Waals surface area contributed by atoms with Gasteiger partial charge in [0.2, 0.25) is 0 Å². The van der Waals surface area contributed by atoms with Crippen LogP contribution in [0.15, 0.2) is 6.07 Å². The standard InChI is InChI=1S/C11H11ClO5/c1-15-10-6(4-9(13)14)11-8(5-7(10)12)16-2-3-17-11/h5H,2-4H2,1H3,(H,13,14). The molecule has 0 spiro atoms. The van der Waals surface area contributed by atoms with E-state index >= 15 is 0 Å². The number of fused-ring (bicyclic) bond motifs is 1. The number of halogens is 1. The van der Waals surface area contributed by atoms with Crippen molar-refractivity contribution in [3.05, 3.63) is 16.7 Å². The molecular formula is C11H11ClO5. The summed E-state index contributed by atoms with van der Waals surface area (Å²) >= 11 is 6.00. The first-order valence-corrected chi connectivity index (χ1v) is 5.38. The highest BCUT2D eigenvalue weighted by Gasteiger charge is 2.24. The number of ether oxygens (including phenoxy) is 3. The average Bonchev–Trinajstić information content (AvgIpc) is 2.28. The molecule has 1 aliphatic heterocycles. The van der Waals surface area contributed by atoms with E-state index in [0.717, 1.165) is 0 Å². The Bertz CT molecular complexity index is 458. The van der Waals surface area contributed by atoms with Crippen LogP contribution >= 0.6 is 11.6 Å². The number of carboxylic acid groups (broad SMARTS) is 1. The second-order valence-electron chi connectivity index (χ2n) is 3.46. The molecule has 1 aliphatic rings. The summed E-state index contributed by atoms with van der Waals surface area (Å²) in [6.07, 6.45) is -0.227. The third-order valence-electron chi connectivity index (χ3n) is 2.37. The number of rotatable bonds is 3. The number of methoxy groups -OCH3 is 1. The summed E-state index contributed by atoms with van der Waals surface area (Å²) in [5.74, 6) is 0.193. The van der Waals surface area contributed by atoms with Gasteiger partial charge in [0.1, 0.15) is 19.0 Å². The highest BCUT2D eigenvalue weighted by Crippen LogP contribution is 2.44. The SMILES string of the molecule is COc1c(Cl)cc2c(c1CC(=O)O)OCCO2. The second-order valence-corrected chi connectivity index (χ2v) is 3.87. The molecule has 1 aromatic rings. The highest BCUT2D eigenvalue weighted by atomic mass is 35.5. The van der Waals surface area contributed by atoms with E-state index in [0.29, 0.717) is 41.0 Å². The van der Waals surface area contributed by atoms with Gasteiger partial charge in [0, 0.05) is 6.07 Å². The van der Waals surface area contributed by atoms with Gasteiger partial charge in [-0.1, -0.05) is 11.6 Å². The molecule has 92 valence electrons. The lowest BCUT2D eigenvalue weighted by Crippen LogP contribution is -2.18. The number of hydrogen-bond acceptors (Lipinski definition) is 4. The van der Waals surface area contributed by atoms with Crippen LogP contribution in [-0.4, -0.2) is 31.4 Å². The van der Waals surface area contributed by atoms with Gasteiger partial charge in [0.05, 0.1) is 24.1 Å². The molecule has 0 radical (unpaired) electrons. The summed E-state index contributed by atoms with van der Waals surface area (Å²) in [5.41, 5.74) is 0.405. The van der Waals surface area contributed by atoms with Crippen LogP contribution in [0.5, 0.6) is 17.2 Å². The lowest BCUT2D eigenvalue weighted by atomic mass is 10.1. The third-order valence-corrected chi connectivity index (χ3v) is 2.65. The molecule has 0 aliphatic carbocycles. The zero-order valence-corrected chi connectivity index (χ0v) is 9.91. The van der Waals surface area contributed by atoms with Crippen LogP contribution in [0.2, 0.25) is 5.02 Å². The molecule has 0 fully saturated rings. The van der Waals surface area contributed by atoms with Crippen molar-refractivity contribution in [1.82, 2.24) is 0 Å². The van der Waals surface area contributed by atoms with Gasteiger partial charge in [-0.2, -0.15) is 0 Å². The van der Waals surface area contributed by atoms with Crippen molar-refractivity contribution in [2.75, 3.05) is 20.3 Å². The first-order chi connectivity index (χ1) is 8.13. The summed E-state index contributed by atoms with van der Waals surface area (Å²) in [6, 6.07) is 1.57. The van der Waals surface area contributed by atoms with Gasteiger partial charge in [-0.05, 0) is 0 Å². The summed E-state index contributed by atoms with van der Waals surface area (Å²) < 4.78 is 15.9. The first kappa shape index (κ1) is 11.9. The molecule has 17 heavy (non-hydrogen) atoms. The molecule has 0 amide bonds. The Balaban J connectivity index is 2.56. The maximum absolute atomic E-state index is 10.8. The summed E-state index contributed by atoms with van der Waals surface area (Å²) in [4.78, 5) is 10.8. The molecule has 6 heteroatoms. The lowest BCUT2D eigenvalue weighted by molar-refractivity contribution is -0.136. The lowest BCUT2D eigenvalue weighted by Gasteiger charge is -2.22. The van der Waals surface area contributed by atoms with E-state index in [4.69, 9.17) is 30.9 Å². The Morgan fingerprint density at radius 2 is 2.24 bits per heavy atom. The van der Waals surface area contributed by atoms with Crippen LogP contribution in [0.25, 0.3) is 0 Å². The Labute approximate surface area is 103 Å². The van der Waals surface area contributed by atoms with Gasteiger partial charge in [-0.25, -0.2) is 0 Å². The molecule has 1 N–H and O–H groups in total. The number of carboxylic acids is 1. The quantitative estimate of drug-likeness (QED) is 0.895. The maximum atomic E-state index is 10.8. The van der Waals surface area contributed by atoms with Crippen LogP contribution in [0.1, 0.15) is 5.56 Å². The number of aliphatic carboxylic acids is 1. The largest absolute Gasteiger partial charge is 0.495 e. The number of carbonyl (C=O) groups is 1. The molecule has 0 aromatic heterocycles. The molecule has 0 bridgehead atoms. The first-order valence-electron chi connectivity index (χ1n) is 5.00. The minimum atomic E-state index is -0.984. The van der Waals surface area contributed by atoms with E-state index in [1.54, 1.807) is 6.07 Å². The zero-order valence-electron chi connectivity index (χ0n) is 9.16. The van der Waals surface area contributed by atoms with Gasteiger partial charge in [0.25, 0.3) is 0 Å². The minimum absolute atomic E-state index is 0.227. The van der Waals surface area contributed by atoms with Crippen LogP contribution in [0, 0.1) is 0 Å². The fourth-order valence-electron chi connectivity index (χ4n) is 1.74. The van der Waals surface area contributed by atoms with Crippen molar-refractivity contribution in [3.63, 3.8) is 0 Å². The minimum Gasteiger partial charge on any atom is -0.495 e. The van der Waals surface area contributed by atoms with Gasteiger partial charge in [-0.3, -0.25) is 4.79 Å². The van der Waals surface area contributed by atoms with E-state index in [1.807, 2.05) is 0 Å². The van der Waals surface area contributed by atoms with E-state index < -0.39 is 5.97 Å². The van der Waals surface area contributed by atoms with E-state index in [2.05, 4.69) is 0 Å². The van der Waals surface area contributed by atoms with E-state index in [9.17, 15) is 4.79 Å². The Morgan fingerprint density at radius 3 is 2.88 bits per heavy atom. The molecule has 2 rings (SSSR count). The van der Waals surface area contributed by atoms with Crippen LogP contribution in [0.4, 0.5) is 0 Å². The Morgan fingerprint density at radius 1 is 1.53 bits per heavy atom. The number of benzene rings is 1. The molecular weight excluding hydrogens is 248 g/mol. The van der Waals surface area contributed by atoms with Crippen molar-refractivity contribution in [3.8, 4) is 17.2 Å². The summed E-state index contributed by atoms with van der Waals surface area (Å²) in [6.45, 7) is 0.798. The predicted octanol–water partition coefficient (Wildman–Crippen LogP) is 1.75. The average molecular weight is 259 g/mol. The fourth-order valence-corrected chi connectivity index (χ4v) is 2.03. The Hall–Kier alpha value is -1.62. The van der Waals surface area contributed by atoms with Crippen molar-refractivity contribution < 1.29 is 24.1 Å². The van der Waals surface area contributed by atoms with Crippen molar-refractivity contribution >= 4 is 17.6 Å². The van der Waals surface area contributed by atoms with Crippen LogP contribution in [-0.2, 0) is 11.2 Å². The van der Waals surface area contributed by atoms with E-state index in [-0.39, 0.29) is 6.42 Å². The molecule has 0 saturated carbocycles. The second kappa shape index (κ2) is 4.71. The fraction of sp³-hybridized carbons (Fsp3) is 0.364. The van der Waals surface area contributed by atoms with Crippen molar-refractivity contribution in [2.24, 2.45) is 0 Å². The van der Waals surface area contributed by atoms with Gasteiger partial charge >= 0.3 is 5.97 Å². The predicted molar refractivity (Wildman–Crippen MR) is 60.3 cm³/mol. The van der Waals surface area contributed by atoms with Gasteiger partial charge in [0.15, 0.2) is 11.5 Å². The van der Waals surface area contributed by atoms with Crippen molar-refractivity contribution in [2.45, 2.75) is 6.42 Å². The summed E-state index contributed by atoms with van der Waals surface area (Å²) in [5, 5.41) is 9.20. The van der Waals surface area contributed by atoms with Gasteiger partial charge < -0.3 is 19.3 Å². The van der Waals surface area contributed by atoms with E-state index in [1.165, 1.54) is 7.11 Å². The molecule has 5 nitrogen and oxygen atoms in total. The van der Waals surface area contributed by atoms with Crippen LogP contribution in [0.3, 0.4) is 0 Å². The maximum Gasteiger partial charge on any atom is 0.308 e. The molecule has 0 unspecified atom stereocenters. The molecule has 1 aromatic carbocycles. The van der Waals surface area contributed by atoms with Gasteiger partial charge in [-0.15, -0.1) is 0 Å². The molecule has 0 atom stereocenters. The Kier molecular flexibility index (Phi) is 3.28. The zero-order chi connectivity index (χ0) is 12.4. The normalized spacial score (nSPS) is 13.3. The number of hydrogen-bond donors (Lipinski definition) is 1. The molecule has 0 saturated heterocycles. The highest BCUT2D eigenvalue weighted by molar-refractivity contribution is 6.32. The molecule has 1 heterocycles. The topological polar surface area (TPSA) is 65.0 Å². The third kappa shape index (κ3) is 2.24. The van der Waals surface area contributed by atoms with Crippen molar-refractivity contribution in [1.29, 1.82) is 0 Å². The summed E-state index contributed by atoms with van der Waals surface area (Å²) in [7, 11) is 1.43.